The molecule has 2 amide bonds. The lowest BCUT2D eigenvalue weighted by Crippen LogP contribution is -2.29. The molecule has 12 heavy (non-hydrogen) atoms. The van der Waals surface area contributed by atoms with E-state index < -0.39 is 12.2 Å². The lowest BCUT2D eigenvalue weighted by Gasteiger charge is -2.01. The highest BCUT2D eigenvalue weighted by Crippen LogP contribution is 1.94. The topological polar surface area (TPSA) is 75.6 Å². The molecular weight excluding hydrogens is 230 g/mol. The first-order chi connectivity index (χ1) is 5.66. The maximum Gasteiger partial charge on any atom is 0.416 e. The van der Waals surface area contributed by atoms with E-state index >= 15 is 0 Å². The van der Waals surface area contributed by atoms with Gasteiger partial charge in [0.2, 0.25) is 0 Å². The van der Waals surface area contributed by atoms with Crippen molar-refractivity contribution < 1.29 is 19.4 Å². The standard InChI is InChI=1S/C6H10BrNO4/c7-3-1-2-4-12-6(11)8-5(9)10/h1-4H2,(H,8,11)(H,9,10). The second-order valence-electron chi connectivity index (χ2n) is 1.96. The maximum atomic E-state index is 10.5. The molecule has 0 spiro atoms. The van der Waals surface area contributed by atoms with Crippen LogP contribution in [0.25, 0.3) is 0 Å². The summed E-state index contributed by atoms with van der Waals surface area (Å²) >= 11 is 3.21. The smallest absolute Gasteiger partial charge is 0.416 e. The van der Waals surface area contributed by atoms with Crippen LogP contribution in [0.15, 0.2) is 0 Å². The fourth-order valence-electron chi connectivity index (χ4n) is 0.485. The van der Waals surface area contributed by atoms with Gasteiger partial charge in [0.15, 0.2) is 0 Å². The van der Waals surface area contributed by atoms with E-state index in [4.69, 9.17) is 5.11 Å². The van der Waals surface area contributed by atoms with E-state index in [-0.39, 0.29) is 6.61 Å². The number of carboxylic acid groups (broad SMARTS) is 1. The Morgan fingerprint density at radius 1 is 1.42 bits per heavy atom. The summed E-state index contributed by atoms with van der Waals surface area (Å²) in [5, 5.41) is 10.5. The number of hydrogen-bond donors (Lipinski definition) is 2. The highest BCUT2D eigenvalue weighted by atomic mass is 79.9. The quantitative estimate of drug-likeness (QED) is 0.577. The Morgan fingerprint density at radius 2 is 2.08 bits per heavy atom. The Hall–Kier alpha value is -0.780. The second-order valence-corrected chi connectivity index (χ2v) is 2.76. The zero-order valence-corrected chi connectivity index (χ0v) is 7.96. The molecular formula is C6H10BrNO4. The molecule has 6 heteroatoms. The average Bonchev–Trinajstić information content (AvgIpc) is 1.97. The minimum absolute atomic E-state index is 0.241. The van der Waals surface area contributed by atoms with Crippen molar-refractivity contribution in [1.82, 2.24) is 5.32 Å². The SMILES string of the molecule is O=C(O)NC(=O)OCCCCBr. The van der Waals surface area contributed by atoms with Crippen molar-refractivity contribution in [2.45, 2.75) is 12.8 Å². The van der Waals surface area contributed by atoms with Gasteiger partial charge in [0.25, 0.3) is 0 Å². The molecule has 0 aliphatic rings. The molecule has 0 aromatic rings. The van der Waals surface area contributed by atoms with Crippen molar-refractivity contribution in [3.8, 4) is 0 Å². The van der Waals surface area contributed by atoms with Gasteiger partial charge >= 0.3 is 12.2 Å². The summed E-state index contributed by atoms with van der Waals surface area (Å²) in [5.74, 6) is 0. The number of alkyl carbamates (subject to hydrolysis) is 1. The highest BCUT2D eigenvalue weighted by Gasteiger charge is 2.04. The van der Waals surface area contributed by atoms with Gasteiger partial charge < -0.3 is 9.84 Å². The summed E-state index contributed by atoms with van der Waals surface area (Å²) < 4.78 is 4.50. The van der Waals surface area contributed by atoms with E-state index in [1.165, 1.54) is 0 Å². The molecule has 0 atom stereocenters. The molecule has 5 nitrogen and oxygen atoms in total. The van der Waals surface area contributed by atoms with Crippen LogP contribution < -0.4 is 5.32 Å². The van der Waals surface area contributed by atoms with Gasteiger partial charge in [-0.1, -0.05) is 15.9 Å². The molecule has 0 aliphatic heterocycles. The van der Waals surface area contributed by atoms with Crippen molar-refractivity contribution >= 4 is 28.1 Å². The largest absolute Gasteiger partial charge is 0.465 e. The van der Waals surface area contributed by atoms with E-state index in [0.717, 1.165) is 18.2 Å². The third-order valence-electron chi connectivity index (χ3n) is 0.970. The number of alkyl halides is 1. The molecule has 0 saturated heterocycles. The number of carbonyl (C=O) groups excluding carboxylic acids is 1. The first-order valence-corrected chi connectivity index (χ1v) is 4.51. The van der Waals surface area contributed by atoms with Crippen molar-refractivity contribution in [1.29, 1.82) is 0 Å². The number of amides is 2. The zero-order valence-electron chi connectivity index (χ0n) is 6.38. The molecule has 0 radical (unpaired) electrons. The minimum Gasteiger partial charge on any atom is -0.465 e. The van der Waals surface area contributed by atoms with E-state index in [1.54, 1.807) is 5.32 Å². The van der Waals surface area contributed by atoms with Gasteiger partial charge in [0, 0.05) is 5.33 Å². The number of rotatable bonds is 4. The van der Waals surface area contributed by atoms with E-state index in [1.807, 2.05) is 0 Å². The van der Waals surface area contributed by atoms with E-state index in [2.05, 4.69) is 20.7 Å². The summed E-state index contributed by atoms with van der Waals surface area (Å²) in [6.45, 7) is 0.241. The van der Waals surface area contributed by atoms with Gasteiger partial charge in [-0.25, -0.2) is 14.9 Å². The number of carbonyl (C=O) groups is 2. The number of halogens is 1. The Labute approximate surface area is 78.2 Å². The molecule has 70 valence electrons. The molecule has 0 aromatic heterocycles. The van der Waals surface area contributed by atoms with Crippen LogP contribution in [0.3, 0.4) is 0 Å². The zero-order chi connectivity index (χ0) is 9.40. The van der Waals surface area contributed by atoms with Crippen molar-refractivity contribution in [3.63, 3.8) is 0 Å². The Balaban J connectivity index is 3.26. The van der Waals surface area contributed by atoms with Gasteiger partial charge in [0.1, 0.15) is 0 Å². The van der Waals surface area contributed by atoms with Crippen molar-refractivity contribution in [3.05, 3.63) is 0 Å². The summed E-state index contributed by atoms with van der Waals surface area (Å²) in [5.41, 5.74) is 0. The number of hydrogen-bond acceptors (Lipinski definition) is 3. The third-order valence-corrected chi connectivity index (χ3v) is 1.53. The summed E-state index contributed by atoms with van der Waals surface area (Å²) in [7, 11) is 0. The lowest BCUT2D eigenvalue weighted by atomic mass is 10.4. The lowest BCUT2D eigenvalue weighted by molar-refractivity contribution is 0.139. The second kappa shape index (κ2) is 6.90. The predicted octanol–water partition coefficient (Wildman–Crippen LogP) is 1.57. The Kier molecular flexibility index (Phi) is 6.45. The monoisotopic (exact) mass is 239 g/mol. The number of unbranched alkanes of at least 4 members (excludes halogenated alkanes) is 1. The fraction of sp³-hybridized carbons (Fsp3) is 0.667. The molecule has 0 aliphatic carbocycles. The van der Waals surface area contributed by atoms with Crippen LogP contribution in [0.5, 0.6) is 0 Å². The van der Waals surface area contributed by atoms with Gasteiger partial charge in [-0.2, -0.15) is 0 Å². The van der Waals surface area contributed by atoms with Crippen LogP contribution in [0.4, 0.5) is 9.59 Å². The molecule has 0 heterocycles. The molecule has 0 rings (SSSR count). The Morgan fingerprint density at radius 3 is 2.58 bits per heavy atom. The van der Waals surface area contributed by atoms with Gasteiger partial charge in [-0.3, -0.25) is 0 Å². The molecule has 0 saturated carbocycles. The normalized spacial score (nSPS) is 9.08. The van der Waals surface area contributed by atoms with E-state index in [9.17, 15) is 9.59 Å². The minimum atomic E-state index is -1.40. The summed E-state index contributed by atoms with van der Waals surface area (Å²) in [6, 6.07) is 0. The van der Waals surface area contributed by atoms with Crippen LogP contribution in [0.2, 0.25) is 0 Å². The van der Waals surface area contributed by atoms with E-state index in [0.29, 0.717) is 0 Å². The van der Waals surface area contributed by atoms with Gasteiger partial charge in [0.05, 0.1) is 6.61 Å². The molecule has 0 fully saturated rings. The first-order valence-electron chi connectivity index (χ1n) is 3.39. The predicted molar refractivity (Wildman–Crippen MR) is 45.5 cm³/mol. The van der Waals surface area contributed by atoms with Crippen LogP contribution in [-0.4, -0.2) is 29.2 Å². The Bertz CT molecular complexity index is 162. The maximum absolute atomic E-state index is 10.5. The summed E-state index contributed by atoms with van der Waals surface area (Å²) in [4.78, 5) is 20.4. The molecule has 0 bridgehead atoms. The molecule has 0 aromatic carbocycles. The average molecular weight is 240 g/mol. The molecule has 0 unspecified atom stereocenters. The van der Waals surface area contributed by atoms with Gasteiger partial charge in [-0.05, 0) is 12.8 Å². The summed E-state index contributed by atoms with van der Waals surface area (Å²) in [6.07, 6.45) is -0.712. The number of imide groups is 1. The van der Waals surface area contributed by atoms with Gasteiger partial charge in [-0.15, -0.1) is 0 Å². The van der Waals surface area contributed by atoms with Crippen molar-refractivity contribution in [2.75, 3.05) is 11.9 Å². The van der Waals surface area contributed by atoms with Crippen LogP contribution in [-0.2, 0) is 4.74 Å². The van der Waals surface area contributed by atoms with Crippen LogP contribution in [0, 0.1) is 0 Å². The van der Waals surface area contributed by atoms with Crippen LogP contribution >= 0.6 is 15.9 Å². The molecule has 2 N–H and O–H groups in total. The van der Waals surface area contributed by atoms with Crippen molar-refractivity contribution in [2.24, 2.45) is 0 Å². The third kappa shape index (κ3) is 7.33. The van der Waals surface area contributed by atoms with Crippen LogP contribution in [0.1, 0.15) is 12.8 Å². The first kappa shape index (κ1) is 11.2. The fourth-order valence-corrected chi connectivity index (χ4v) is 0.881. The number of nitrogens with one attached hydrogen (secondary N) is 1. The highest BCUT2D eigenvalue weighted by molar-refractivity contribution is 9.09. The number of ether oxygens (including phenoxy) is 1.